The number of hydrogen-bond donors (Lipinski definition) is 0. The summed E-state index contributed by atoms with van der Waals surface area (Å²) >= 11 is 0. The van der Waals surface area contributed by atoms with E-state index in [1.165, 1.54) is 61.9 Å². The van der Waals surface area contributed by atoms with Crippen LogP contribution in [-0.4, -0.2) is 29.8 Å². The van der Waals surface area contributed by atoms with Gasteiger partial charge in [-0.05, 0) is 91.1 Å². The number of ketones is 1. The van der Waals surface area contributed by atoms with Crippen molar-refractivity contribution < 1.29 is 4.79 Å². The van der Waals surface area contributed by atoms with Gasteiger partial charge in [0.2, 0.25) is 0 Å². The topological polar surface area (TPSA) is 44.1 Å². The normalized spacial score (nSPS) is 22.7. The largest absolute Gasteiger partial charge is 0.300 e. The second kappa shape index (κ2) is 7.15. The van der Waals surface area contributed by atoms with Crippen LogP contribution in [0.5, 0.6) is 0 Å². The fourth-order valence-electron chi connectivity index (χ4n) is 6.47. The number of likely N-dealkylation sites (tertiary alicyclic amines) is 1. The molecule has 2 aromatic carbocycles. The minimum atomic E-state index is -0.187. The number of carbonyl (C=O) groups excluding carboxylic acids is 1. The molecule has 0 spiro atoms. The van der Waals surface area contributed by atoms with Crippen LogP contribution < -0.4 is 0 Å². The van der Waals surface area contributed by atoms with Gasteiger partial charge in [0, 0.05) is 22.6 Å². The Morgan fingerprint density at radius 1 is 1.00 bits per heavy atom. The molecule has 0 N–H and O–H groups in total. The average Bonchev–Trinajstić information content (AvgIpc) is 3.17. The van der Waals surface area contributed by atoms with Crippen molar-refractivity contribution in [2.75, 3.05) is 13.1 Å². The molecule has 3 heteroatoms. The molecule has 0 amide bonds. The maximum absolute atomic E-state index is 13.6. The van der Waals surface area contributed by atoms with Crippen LogP contribution in [0.4, 0.5) is 0 Å². The molecule has 1 saturated carbocycles. The van der Waals surface area contributed by atoms with Crippen molar-refractivity contribution in [2.24, 2.45) is 0 Å². The van der Waals surface area contributed by atoms with Crippen LogP contribution >= 0.6 is 0 Å². The van der Waals surface area contributed by atoms with Crippen molar-refractivity contribution in [1.82, 2.24) is 4.90 Å². The second-order valence-electron chi connectivity index (χ2n) is 10.7. The first-order valence-corrected chi connectivity index (χ1v) is 12.2. The smallest absolute Gasteiger partial charge is 0.193 e. The number of nitrogens with zero attached hydrogens (tertiary/aromatic N) is 2. The van der Waals surface area contributed by atoms with E-state index in [2.05, 4.69) is 43.0 Å². The minimum Gasteiger partial charge on any atom is -0.300 e. The Kier molecular flexibility index (Phi) is 4.46. The summed E-state index contributed by atoms with van der Waals surface area (Å²) in [5, 5.41) is 9.31. The third-order valence-electron chi connectivity index (χ3n) is 8.71. The van der Waals surface area contributed by atoms with Crippen LogP contribution in [0.1, 0.15) is 90.0 Å². The molecule has 0 unspecified atom stereocenters. The Morgan fingerprint density at radius 3 is 2.44 bits per heavy atom. The quantitative estimate of drug-likeness (QED) is 0.617. The van der Waals surface area contributed by atoms with Crippen molar-refractivity contribution in [3.05, 3.63) is 75.4 Å². The first kappa shape index (κ1) is 19.9. The predicted octanol–water partition coefficient (Wildman–Crippen LogP) is 5.77. The first-order valence-electron chi connectivity index (χ1n) is 12.2. The summed E-state index contributed by atoms with van der Waals surface area (Å²) in [6.45, 7) is 6.96. The predicted molar refractivity (Wildman–Crippen MR) is 127 cm³/mol. The summed E-state index contributed by atoms with van der Waals surface area (Å²) in [5.74, 6) is 0.751. The fraction of sp³-hybridized carbons (Fsp3) is 0.448. The lowest BCUT2D eigenvalue weighted by atomic mass is 9.67. The zero-order valence-electron chi connectivity index (χ0n) is 19.1. The first-order chi connectivity index (χ1) is 15.5. The molecule has 162 valence electrons. The molecule has 0 aromatic heterocycles. The molecule has 2 fully saturated rings. The number of benzene rings is 2. The van der Waals surface area contributed by atoms with Gasteiger partial charge in [-0.15, -0.1) is 0 Å². The molecule has 4 aliphatic rings. The molecule has 1 heterocycles. The standard InChI is InChI=1S/C29H30N2O/c1-29(2)25-15-20(19-10-12-31(13-11-19)22-4-3-5-22)7-9-24(25)28(32)27-23-8-6-18(17-30)14-21(23)16-26(27)29/h6-9,14-15,19,22H,3-5,10-13,16H2,1-2H3. The molecule has 6 rings (SSSR count). The van der Waals surface area contributed by atoms with Gasteiger partial charge in [0.25, 0.3) is 0 Å². The van der Waals surface area contributed by atoms with E-state index in [0.29, 0.717) is 11.5 Å². The van der Waals surface area contributed by atoms with Crippen LogP contribution in [0.15, 0.2) is 42.0 Å². The fourth-order valence-corrected chi connectivity index (χ4v) is 6.47. The van der Waals surface area contributed by atoms with Crippen LogP contribution in [0, 0.1) is 11.3 Å². The summed E-state index contributed by atoms with van der Waals surface area (Å²) in [6, 6.07) is 15.5. The van der Waals surface area contributed by atoms with Gasteiger partial charge in [-0.1, -0.05) is 44.5 Å². The molecule has 0 bridgehead atoms. The van der Waals surface area contributed by atoms with E-state index in [-0.39, 0.29) is 11.2 Å². The number of piperidine rings is 1. The van der Waals surface area contributed by atoms with E-state index in [9.17, 15) is 10.1 Å². The van der Waals surface area contributed by atoms with Gasteiger partial charge in [0.05, 0.1) is 11.6 Å². The summed E-state index contributed by atoms with van der Waals surface area (Å²) in [7, 11) is 0. The summed E-state index contributed by atoms with van der Waals surface area (Å²) in [5.41, 5.74) is 8.18. The van der Waals surface area contributed by atoms with Gasteiger partial charge in [-0.25, -0.2) is 0 Å². The molecule has 1 aliphatic heterocycles. The highest BCUT2D eigenvalue weighted by Crippen LogP contribution is 2.50. The summed E-state index contributed by atoms with van der Waals surface area (Å²) in [4.78, 5) is 16.3. The second-order valence-corrected chi connectivity index (χ2v) is 10.7. The number of carbonyl (C=O) groups is 1. The molecule has 0 radical (unpaired) electrons. The van der Waals surface area contributed by atoms with Crippen molar-refractivity contribution in [2.45, 2.75) is 69.7 Å². The van der Waals surface area contributed by atoms with Gasteiger partial charge in [-0.2, -0.15) is 5.26 Å². The van der Waals surface area contributed by atoms with Crippen LogP contribution in [0.3, 0.4) is 0 Å². The highest BCUT2D eigenvalue weighted by molar-refractivity contribution is 6.33. The zero-order valence-corrected chi connectivity index (χ0v) is 19.1. The molecule has 32 heavy (non-hydrogen) atoms. The summed E-state index contributed by atoms with van der Waals surface area (Å²) < 4.78 is 0. The van der Waals surface area contributed by atoms with Gasteiger partial charge in [0.1, 0.15) is 0 Å². The third kappa shape index (κ3) is 2.86. The molecule has 1 saturated heterocycles. The third-order valence-corrected chi connectivity index (χ3v) is 8.71. The number of Topliss-reactive ketones (excluding diaryl/α,β-unsaturated/α-hetero) is 1. The number of hydrogen-bond acceptors (Lipinski definition) is 3. The number of allylic oxidation sites excluding steroid dienone is 2. The Labute approximate surface area is 190 Å². The van der Waals surface area contributed by atoms with Crippen molar-refractivity contribution >= 4 is 11.4 Å². The van der Waals surface area contributed by atoms with E-state index in [4.69, 9.17) is 0 Å². The average molecular weight is 423 g/mol. The lowest BCUT2D eigenvalue weighted by Gasteiger charge is -2.42. The van der Waals surface area contributed by atoms with Gasteiger partial charge in [0.15, 0.2) is 5.78 Å². The Bertz CT molecular complexity index is 1200. The Hall–Kier alpha value is -2.70. The molecule has 2 aromatic rings. The van der Waals surface area contributed by atoms with Crippen molar-refractivity contribution in [3.8, 4) is 6.07 Å². The summed E-state index contributed by atoms with van der Waals surface area (Å²) in [6.07, 6.45) is 7.38. The lowest BCUT2D eigenvalue weighted by Crippen LogP contribution is -2.44. The Balaban J connectivity index is 1.32. The van der Waals surface area contributed by atoms with Gasteiger partial charge >= 0.3 is 0 Å². The molecular weight excluding hydrogens is 392 g/mol. The van der Waals surface area contributed by atoms with Gasteiger partial charge < -0.3 is 4.90 Å². The number of rotatable bonds is 2. The Morgan fingerprint density at radius 2 is 1.75 bits per heavy atom. The number of fused-ring (bicyclic) bond motifs is 3. The van der Waals surface area contributed by atoms with E-state index in [0.717, 1.165) is 34.7 Å². The van der Waals surface area contributed by atoms with Crippen LogP contribution in [-0.2, 0) is 11.8 Å². The van der Waals surface area contributed by atoms with E-state index in [1.807, 2.05) is 18.2 Å². The molecule has 3 aliphatic carbocycles. The maximum Gasteiger partial charge on any atom is 0.193 e. The molecule has 0 atom stereocenters. The van der Waals surface area contributed by atoms with Crippen molar-refractivity contribution in [1.29, 1.82) is 5.26 Å². The molecular formula is C29H30N2O. The van der Waals surface area contributed by atoms with E-state index >= 15 is 0 Å². The van der Waals surface area contributed by atoms with E-state index in [1.54, 1.807) is 0 Å². The zero-order chi connectivity index (χ0) is 22.0. The monoisotopic (exact) mass is 422 g/mol. The molecule has 3 nitrogen and oxygen atoms in total. The lowest BCUT2D eigenvalue weighted by molar-refractivity contribution is 0.0975. The van der Waals surface area contributed by atoms with Crippen LogP contribution in [0.25, 0.3) is 5.57 Å². The van der Waals surface area contributed by atoms with Gasteiger partial charge in [-0.3, -0.25) is 4.79 Å². The van der Waals surface area contributed by atoms with Crippen LogP contribution in [0.2, 0.25) is 0 Å². The van der Waals surface area contributed by atoms with Crippen molar-refractivity contribution in [3.63, 3.8) is 0 Å². The highest BCUT2D eigenvalue weighted by atomic mass is 16.1. The number of nitriles is 1. The SMILES string of the molecule is CC1(C)C2=C(C(=O)c3ccc(C4CCN(C5CCC5)CC4)cc31)c1ccc(C#N)cc1C2. The maximum atomic E-state index is 13.6. The highest BCUT2D eigenvalue weighted by Gasteiger charge is 2.43. The minimum absolute atomic E-state index is 0.157. The van der Waals surface area contributed by atoms with E-state index < -0.39 is 0 Å².